The van der Waals surface area contributed by atoms with Crippen LogP contribution in [0.2, 0.25) is 0 Å². The molecule has 4 rings (SSSR count). The second-order valence-electron chi connectivity index (χ2n) is 5.39. The molecule has 2 aliphatic rings. The highest BCUT2D eigenvalue weighted by Gasteiger charge is 2.42. The van der Waals surface area contributed by atoms with Crippen molar-refractivity contribution in [1.29, 1.82) is 0 Å². The van der Waals surface area contributed by atoms with E-state index in [0.717, 1.165) is 18.4 Å². The number of nitrogens with zero attached hydrogens (tertiary/aromatic N) is 3. The second kappa shape index (κ2) is 4.03. The number of nitrogens with two attached hydrogens (primary N) is 1. The molecule has 2 heterocycles. The van der Waals surface area contributed by atoms with Crippen LogP contribution in [0.15, 0.2) is 41.9 Å². The lowest BCUT2D eigenvalue weighted by Crippen LogP contribution is -2.28. The summed E-state index contributed by atoms with van der Waals surface area (Å²) in [5, 5.41) is 0. The molecule has 1 spiro atoms. The van der Waals surface area contributed by atoms with Crippen LogP contribution in [0.25, 0.3) is 11.1 Å². The summed E-state index contributed by atoms with van der Waals surface area (Å²) in [6, 6.07) is 6.64. The number of hydrogen-bond donors (Lipinski definition) is 1. The molecule has 20 heavy (non-hydrogen) atoms. The van der Waals surface area contributed by atoms with E-state index < -0.39 is 0 Å². The van der Waals surface area contributed by atoms with Gasteiger partial charge >= 0.3 is 0 Å². The third-order valence-corrected chi connectivity index (χ3v) is 4.01. The first-order valence-electron chi connectivity index (χ1n) is 6.60. The van der Waals surface area contributed by atoms with Crippen molar-refractivity contribution in [3.05, 3.63) is 48.0 Å². The lowest BCUT2D eigenvalue weighted by molar-refractivity contribution is 0.258. The van der Waals surface area contributed by atoms with Crippen LogP contribution in [-0.2, 0) is 17.6 Å². The van der Waals surface area contributed by atoms with Gasteiger partial charge in [0.1, 0.15) is 18.5 Å². The van der Waals surface area contributed by atoms with E-state index in [1.807, 2.05) is 12.4 Å². The van der Waals surface area contributed by atoms with Gasteiger partial charge < -0.3 is 10.5 Å². The first kappa shape index (κ1) is 11.4. The Kier molecular flexibility index (Phi) is 2.30. The van der Waals surface area contributed by atoms with Crippen LogP contribution in [0.4, 0.5) is 0 Å². The van der Waals surface area contributed by atoms with Crippen molar-refractivity contribution in [2.75, 3.05) is 6.61 Å². The number of rotatable bonds is 1. The van der Waals surface area contributed by atoms with Gasteiger partial charge in [-0.3, -0.25) is 0 Å². The maximum Gasteiger partial charge on any atom is 0.282 e. The van der Waals surface area contributed by atoms with Gasteiger partial charge in [-0.2, -0.15) is 0 Å². The first-order valence-corrected chi connectivity index (χ1v) is 6.60. The maximum atomic E-state index is 5.68. The topological polar surface area (TPSA) is 73.4 Å². The number of hydrogen-bond acceptors (Lipinski definition) is 5. The molecule has 0 fully saturated rings. The fourth-order valence-corrected chi connectivity index (χ4v) is 3.15. The van der Waals surface area contributed by atoms with Crippen molar-refractivity contribution < 1.29 is 4.74 Å². The van der Waals surface area contributed by atoms with Crippen molar-refractivity contribution in [1.82, 2.24) is 9.97 Å². The molecule has 0 bridgehead atoms. The van der Waals surface area contributed by atoms with Gasteiger partial charge in [0.15, 0.2) is 0 Å². The summed E-state index contributed by atoms with van der Waals surface area (Å²) < 4.78 is 5.37. The molecular formula is C15H14N4O. The Balaban J connectivity index is 1.80. The minimum atomic E-state index is -0.210. The smallest absolute Gasteiger partial charge is 0.282 e. The Hall–Kier alpha value is -2.43. The summed E-state index contributed by atoms with van der Waals surface area (Å²) in [6.45, 7) is 0.568. The Morgan fingerprint density at radius 2 is 2.00 bits per heavy atom. The maximum absolute atomic E-state index is 5.68. The predicted octanol–water partition coefficient (Wildman–Crippen LogP) is 1.33. The van der Waals surface area contributed by atoms with Gasteiger partial charge in [0.05, 0.1) is 0 Å². The fraction of sp³-hybridized carbons (Fsp3) is 0.267. The molecule has 0 saturated carbocycles. The van der Waals surface area contributed by atoms with E-state index in [0.29, 0.717) is 12.6 Å². The standard InChI is InChI=1S/C15H14N4O/c16-14-19-15(8-20-14)4-10-2-1-3-12(13(10)5-15)11-6-17-9-18-7-11/h1-3,6-7,9H,4-5,8H2,(H2,16,19)/t15-/m0/s1. The van der Waals surface area contributed by atoms with Crippen molar-refractivity contribution >= 4 is 6.02 Å². The Morgan fingerprint density at radius 1 is 1.15 bits per heavy atom. The summed E-state index contributed by atoms with van der Waals surface area (Å²) in [5.41, 5.74) is 10.3. The third-order valence-electron chi connectivity index (χ3n) is 4.01. The average molecular weight is 266 g/mol. The van der Waals surface area contributed by atoms with Gasteiger partial charge in [-0.1, -0.05) is 18.2 Å². The summed E-state index contributed by atoms with van der Waals surface area (Å²) in [5.74, 6) is 0. The van der Waals surface area contributed by atoms with Crippen LogP contribution in [-0.4, -0.2) is 28.1 Å². The van der Waals surface area contributed by atoms with Crippen LogP contribution < -0.4 is 5.73 Å². The number of fused-ring (bicyclic) bond motifs is 1. The van der Waals surface area contributed by atoms with E-state index in [1.165, 1.54) is 16.7 Å². The van der Waals surface area contributed by atoms with Gasteiger partial charge in [-0.05, 0) is 16.7 Å². The summed E-state index contributed by atoms with van der Waals surface area (Å²) in [4.78, 5) is 12.7. The first-order chi connectivity index (χ1) is 9.76. The van der Waals surface area contributed by atoms with Crippen LogP contribution in [0.5, 0.6) is 0 Å². The van der Waals surface area contributed by atoms with Gasteiger partial charge in [0.2, 0.25) is 0 Å². The Labute approximate surface area is 116 Å². The van der Waals surface area contributed by atoms with E-state index in [9.17, 15) is 0 Å². The molecule has 100 valence electrons. The third kappa shape index (κ3) is 1.66. The van der Waals surface area contributed by atoms with Gasteiger partial charge in [0.25, 0.3) is 6.02 Å². The average Bonchev–Trinajstić information content (AvgIpc) is 3.01. The number of aliphatic imine (C=N–C) groups is 1. The van der Waals surface area contributed by atoms with Crippen molar-refractivity contribution in [2.24, 2.45) is 10.7 Å². The molecule has 1 aliphatic carbocycles. The van der Waals surface area contributed by atoms with Crippen molar-refractivity contribution in [3.63, 3.8) is 0 Å². The molecule has 0 radical (unpaired) electrons. The highest BCUT2D eigenvalue weighted by Crippen LogP contribution is 2.40. The minimum absolute atomic E-state index is 0.210. The summed E-state index contributed by atoms with van der Waals surface area (Å²) in [7, 11) is 0. The molecule has 5 heteroatoms. The highest BCUT2D eigenvalue weighted by molar-refractivity contribution is 5.75. The molecule has 2 N–H and O–H groups in total. The zero-order valence-corrected chi connectivity index (χ0v) is 10.9. The number of aromatic nitrogens is 2. The summed E-state index contributed by atoms with van der Waals surface area (Å²) >= 11 is 0. The molecule has 5 nitrogen and oxygen atoms in total. The Morgan fingerprint density at radius 3 is 2.75 bits per heavy atom. The second-order valence-corrected chi connectivity index (χ2v) is 5.39. The van der Waals surface area contributed by atoms with Gasteiger partial charge in [-0.15, -0.1) is 0 Å². The van der Waals surface area contributed by atoms with E-state index in [-0.39, 0.29) is 5.54 Å². The number of benzene rings is 1. The van der Waals surface area contributed by atoms with Crippen LogP contribution in [0.1, 0.15) is 11.1 Å². The summed E-state index contributed by atoms with van der Waals surface area (Å²) in [6.07, 6.45) is 6.97. The molecule has 0 amide bonds. The SMILES string of the molecule is NC1=N[C@@]2(CO1)Cc1cccc(-c3cncnc3)c1C2. The number of amidine groups is 1. The van der Waals surface area contributed by atoms with E-state index in [2.05, 4.69) is 33.2 Å². The van der Waals surface area contributed by atoms with E-state index in [1.54, 1.807) is 6.33 Å². The molecule has 1 aromatic carbocycles. The van der Waals surface area contributed by atoms with Gasteiger partial charge in [0, 0.05) is 30.8 Å². The lowest BCUT2D eigenvalue weighted by atomic mass is 9.96. The normalized spacial score (nSPS) is 23.5. The molecular weight excluding hydrogens is 252 g/mol. The molecule has 1 atom stereocenters. The van der Waals surface area contributed by atoms with E-state index >= 15 is 0 Å². The lowest BCUT2D eigenvalue weighted by Gasteiger charge is -2.15. The molecule has 0 unspecified atom stereocenters. The zero-order chi connectivity index (χ0) is 13.6. The molecule has 1 aliphatic heterocycles. The highest BCUT2D eigenvalue weighted by atomic mass is 16.5. The Bertz CT molecular complexity index is 698. The largest absolute Gasteiger partial charge is 0.463 e. The van der Waals surface area contributed by atoms with Crippen LogP contribution in [0.3, 0.4) is 0 Å². The molecule has 1 aromatic heterocycles. The predicted molar refractivity (Wildman–Crippen MR) is 75.2 cm³/mol. The van der Waals surface area contributed by atoms with Crippen molar-refractivity contribution in [2.45, 2.75) is 18.4 Å². The monoisotopic (exact) mass is 266 g/mol. The molecule has 2 aromatic rings. The van der Waals surface area contributed by atoms with E-state index in [4.69, 9.17) is 10.5 Å². The van der Waals surface area contributed by atoms with Crippen molar-refractivity contribution in [3.8, 4) is 11.1 Å². The zero-order valence-electron chi connectivity index (χ0n) is 10.9. The number of ether oxygens (including phenoxy) is 1. The quantitative estimate of drug-likeness (QED) is 0.845. The van der Waals surface area contributed by atoms with Crippen LogP contribution >= 0.6 is 0 Å². The minimum Gasteiger partial charge on any atom is -0.463 e. The molecule has 0 saturated heterocycles. The fourth-order valence-electron chi connectivity index (χ4n) is 3.15. The van der Waals surface area contributed by atoms with Gasteiger partial charge in [-0.25, -0.2) is 15.0 Å². The van der Waals surface area contributed by atoms with Crippen LogP contribution in [0, 0.1) is 0 Å².